The third-order valence-electron chi connectivity index (χ3n) is 2.18. The summed E-state index contributed by atoms with van der Waals surface area (Å²) in [6, 6.07) is 4.62. The summed E-state index contributed by atoms with van der Waals surface area (Å²) in [5.74, 6) is -0.255. The Morgan fingerprint density at radius 3 is 2.29 bits per heavy atom. The Kier molecular flexibility index (Phi) is 3.32. The summed E-state index contributed by atoms with van der Waals surface area (Å²) in [6.07, 6.45) is 0. The van der Waals surface area contributed by atoms with Crippen LogP contribution >= 0.6 is 15.9 Å². The van der Waals surface area contributed by atoms with Gasteiger partial charge >= 0.3 is 0 Å². The fourth-order valence-corrected chi connectivity index (χ4v) is 1.74. The molecule has 0 radical (unpaired) electrons. The van der Waals surface area contributed by atoms with Crippen molar-refractivity contribution in [1.29, 1.82) is 0 Å². The molecule has 0 heterocycles. The number of hydrogen-bond acceptors (Lipinski definition) is 1. The van der Waals surface area contributed by atoms with Crippen molar-refractivity contribution in [3.05, 3.63) is 34.1 Å². The Morgan fingerprint density at radius 2 is 1.86 bits per heavy atom. The van der Waals surface area contributed by atoms with Crippen molar-refractivity contribution in [3.63, 3.8) is 0 Å². The zero-order valence-corrected chi connectivity index (χ0v) is 10.2. The standard InChI is InChI=1S/C11H15BrFN/c1-11(2,3)10(14)7-4-8(12)6-9(13)5-7/h4-6,10H,14H2,1-3H3/t10-/m0/s1. The number of halogens is 2. The highest BCUT2D eigenvalue weighted by Crippen LogP contribution is 2.31. The lowest BCUT2D eigenvalue weighted by atomic mass is 9.83. The molecule has 1 atom stereocenters. The second kappa shape index (κ2) is 3.99. The molecule has 0 amide bonds. The van der Waals surface area contributed by atoms with Gasteiger partial charge in [0.05, 0.1) is 0 Å². The molecule has 78 valence electrons. The van der Waals surface area contributed by atoms with E-state index in [1.165, 1.54) is 12.1 Å². The molecule has 0 aliphatic carbocycles. The van der Waals surface area contributed by atoms with Gasteiger partial charge in [-0.25, -0.2) is 4.39 Å². The molecule has 1 nitrogen and oxygen atoms in total. The molecule has 1 aromatic rings. The maximum atomic E-state index is 13.1. The van der Waals surface area contributed by atoms with Crippen molar-refractivity contribution < 1.29 is 4.39 Å². The fraction of sp³-hybridized carbons (Fsp3) is 0.455. The van der Waals surface area contributed by atoms with Gasteiger partial charge in [-0.1, -0.05) is 36.7 Å². The molecule has 0 unspecified atom stereocenters. The highest BCUT2D eigenvalue weighted by atomic mass is 79.9. The molecule has 1 rings (SSSR count). The Bertz CT molecular complexity index is 310. The van der Waals surface area contributed by atoms with Gasteiger partial charge in [-0.05, 0) is 29.2 Å². The average Bonchev–Trinajstić information content (AvgIpc) is 1.99. The number of benzene rings is 1. The van der Waals surface area contributed by atoms with Crippen molar-refractivity contribution in [2.45, 2.75) is 26.8 Å². The van der Waals surface area contributed by atoms with Gasteiger partial charge < -0.3 is 5.73 Å². The first kappa shape index (κ1) is 11.7. The minimum absolute atomic E-state index is 0.0623. The second-order valence-corrected chi connectivity index (χ2v) is 5.46. The normalized spacial score (nSPS) is 14.1. The van der Waals surface area contributed by atoms with Gasteiger partial charge in [0, 0.05) is 10.5 Å². The molecule has 14 heavy (non-hydrogen) atoms. The smallest absolute Gasteiger partial charge is 0.124 e. The summed E-state index contributed by atoms with van der Waals surface area (Å²) in [5.41, 5.74) is 6.78. The largest absolute Gasteiger partial charge is 0.324 e. The van der Waals surface area contributed by atoms with Crippen molar-refractivity contribution in [3.8, 4) is 0 Å². The maximum Gasteiger partial charge on any atom is 0.124 e. The average molecular weight is 260 g/mol. The SMILES string of the molecule is CC(C)(C)[C@@H](N)c1cc(F)cc(Br)c1. The molecule has 0 aliphatic rings. The van der Waals surface area contributed by atoms with Crippen LogP contribution in [0.4, 0.5) is 4.39 Å². The summed E-state index contributed by atoms with van der Waals surface area (Å²) < 4.78 is 13.8. The third-order valence-corrected chi connectivity index (χ3v) is 2.63. The molecule has 0 spiro atoms. The first-order valence-corrected chi connectivity index (χ1v) is 5.31. The van der Waals surface area contributed by atoms with Gasteiger partial charge in [0.25, 0.3) is 0 Å². The van der Waals surface area contributed by atoms with Crippen LogP contribution in [0.5, 0.6) is 0 Å². The van der Waals surface area contributed by atoms with Gasteiger partial charge in [0.1, 0.15) is 5.82 Å². The van der Waals surface area contributed by atoms with E-state index in [0.29, 0.717) is 0 Å². The quantitative estimate of drug-likeness (QED) is 0.819. The van der Waals surface area contributed by atoms with Gasteiger partial charge in [0.15, 0.2) is 0 Å². The second-order valence-electron chi connectivity index (χ2n) is 4.55. The molecule has 0 fully saturated rings. The number of hydrogen-bond donors (Lipinski definition) is 1. The summed E-state index contributed by atoms with van der Waals surface area (Å²) in [4.78, 5) is 0. The first-order valence-electron chi connectivity index (χ1n) is 4.52. The summed E-state index contributed by atoms with van der Waals surface area (Å²) in [7, 11) is 0. The van der Waals surface area contributed by atoms with Gasteiger partial charge in [-0.3, -0.25) is 0 Å². The Morgan fingerprint density at radius 1 is 1.29 bits per heavy atom. The van der Waals surface area contributed by atoms with Crippen LogP contribution in [0, 0.1) is 11.2 Å². The van der Waals surface area contributed by atoms with E-state index in [2.05, 4.69) is 15.9 Å². The molecule has 0 bridgehead atoms. The maximum absolute atomic E-state index is 13.1. The summed E-state index contributed by atoms with van der Waals surface area (Å²) in [5, 5.41) is 0. The molecule has 3 heteroatoms. The van der Waals surface area contributed by atoms with Crippen LogP contribution in [-0.4, -0.2) is 0 Å². The predicted molar refractivity (Wildman–Crippen MR) is 60.5 cm³/mol. The lowest BCUT2D eigenvalue weighted by Crippen LogP contribution is -2.26. The summed E-state index contributed by atoms with van der Waals surface area (Å²) in [6.45, 7) is 6.11. The minimum Gasteiger partial charge on any atom is -0.324 e. The highest BCUT2D eigenvalue weighted by Gasteiger charge is 2.22. The van der Waals surface area contributed by atoms with Crippen LogP contribution in [0.25, 0.3) is 0 Å². The van der Waals surface area contributed by atoms with E-state index in [1.54, 1.807) is 0 Å². The van der Waals surface area contributed by atoms with Crippen LogP contribution in [0.3, 0.4) is 0 Å². The van der Waals surface area contributed by atoms with E-state index in [1.807, 2.05) is 26.8 Å². The van der Waals surface area contributed by atoms with Gasteiger partial charge in [0.2, 0.25) is 0 Å². The van der Waals surface area contributed by atoms with Crippen LogP contribution in [0.1, 0.15) is 32.4 Å². The van der Waals surface area contributed by atoms with E-state index in [4.69, 9.17) is 5.73 Å². The molecular weight excluding hydrogens is 245 g/mol. The zero-order chi connectivity index (χ0) is 10.9. The van der Waals surface area contributed by atoms with Crippen molar-refractivity contribution in [1.82, 2.24) is 0 Å². The summed E-state index contributed by atoms with van der Waals surface area (Å²) >= 11 is 3.25. The monoisotopic (exact) mass is 259 g/mol. The lowest BCUT2D eigenvalue weighted by Gasteiger charge is -2.27. The zero-order valence-electron chi connectivity index (χ0n) is 8.64. The molecule has 2 N–H and O–H groups in total. The first-order chi connectivity index (χ1) is 6.30. The van der Waals surface area contributed by atoms with Crippen molar-refractivity contribution in [2.24, 2.45) is 11.1 Å². The molecule has 0 aromatic heterocycles. The van der Waals surface area contributed by atoms with Crippen molar-refractivity contribution in [2.75, 3.05) is 0 Å². The Balaban J connectivity index is 3.07. The molecule has 1 aromatic carbocycles. The van der Waals surface area contributed by atoms with E-state index < -0.39 is 0 Å². The van der Waals surface area contributed by atoms with E-state index in [0.717, 1.165) is 10.0 Å². The van der Waals surface area contributed by atoms with Crippen LogP contribution in [-0.2, 0) is 0 Å². The van der Waals surface area contributed by atoms with E-state index >= 15 is 0 Å². The van der Waals surface area contributed by atoms with E-state index in [-0.39, 0.29) is 17.3 Å². The molecule has 0 aliphatic heterocycles. The topological polar surface area (TPSA) is 26.0 Å². The van der Waals surface area contributed by atoms with Crippen LogP contribution in [0.15, 0.2) is 22.7 Å². The van der Waals surface area contributed by atoms with Gasteiger partial charge in [-0.2, -0.15) is 0 Å². The van der Waals surface area contributed by atoms with Crippen LogP contribution < -0.4 is 5.73 Å². The Hall–Kier alpha value is -0.410. The molecular formula is C11H15BrFN. The van der Waals surface area contributed by atoms with Crippen molar-refractivity contribution >= 4 is 15.9 Å². The minimum atomic E-state index is -0.255. The predicted octanol–water partition coefficient (Wildman–Crippen LogP) is 3.63. The van der Waals surface area contributed by atoms with Gasteiger partial charge in [-0.15, -0.1) is 0 Å². The highest BCUT2D eigenvalue weighted by molar-refractivity contribution is 9.10. The number of rotatable bonds is 1. The van der Waals surface area contributed by atoms with E-state index in [9.17, 15) is 4.39 Å². The fourth-order valence-electron chi connectivity index (χ4n) is 1.25. The van der Waals surface area contributed by atoms with Crippen LogP contribution in [0.2, 0.25) is 0 Å². The molecule has 0 saturated heterocycles. The molecule has 0 saturated carbocycles. The third kappa shape index (κ3) is 2.79. The Labute approximate surface area is 92.6 Å². The number of nitrogens with two attached hydrogens (primary N) is 1. The lowest BCUT2D eigenvalue weighted by molar-refractivity contribution is 0.326.